The fourth-order valence-corrected chi connectivity index (χ4v) is 3.16. The molecule has 0 spiro atoms. The van der Waals surface area contributed by atoms with Crippen LogP contribution in [0.5, 0.6) is 0 Å². The van der Waals surface area contributed by atoms with E-state index in [0.29, 0.717) is 12.4 Å². The summed E-state index contributed by atoms with van der Waals surface area (Å²) in [7, 11) is 1.66. The van der Waals surface area contributed by atoms with Gasteiger partial charge in [-0.3, -0.25) is 10.1 Å². The highest BCUT2D eigenvalue weighted by molar-refractivity contribution is 7.99. The zero-order chi connectivity index (χ0) is 12.3. The smallest absolute Gasteiger partial charge is 0.321 e. The monoisotopic (exact) mass is 253 g/mol. The van der Waals surface area contributed by atoms with Gasteiger partial charge in [0.05, 0.1) is 12.0 Å². The van der Waals surface area contributed by atoms with E-state index in [1.165, 1.54) is 0 Å². The highest BCUT2D eigenvalue weighted by Crippen LogP contribution is 2.34. The van der Waals surface area contributed by atoms with Gasteiger partial charge in [0.25, 0.3) is 0 Å². The lowest BCUT2D eigenvalue weighted by Gasteiger charge is -2.15. The van der Waals surface area contributed by atoms with Crippen LogP contribution < -0.4 is 5.32 Å². The number of carboxylic acids is 1. The molecule has 1 aliphatic rings. The van der Waals surface area contributed by atoms with E-state index in [4.69, 9.17) is 9.84 Å². The molecule has 0 saturated carbocycles. The van der Waals surface area contributed by atoms with E-state index >= 15 is 0 Å². The zero-order valence-corrected chi connectivity index (χ0v) is 10.4. The second-order valence-corrected chi connectivity index (χ2v) is 5.04. The first-order chi connectivity index (χ1) is 8.22. The molecule has 1 aromatic rings. The van der Waals surface area contributed by atoms with E-state index in [9.17, 15) is 4.79 Å². The van der Waals surface area contributed by atoms with Crippen LogP contribution in [0.1, 0.15) is 16.5 Å². The molecule has 1 aromatic carbocycles. The Morgan fingerprint density at radius 1 is 1.59 bits per heavy atom. The van der Waals surface area contributed by atoms with Crippen molar-refractivity contribution in [1.29, 1.82) is 0 Å². The maximum Gasteiger partial charge on any atom is 0.321 e. The number of hydrogen-bond acceptors (Lipinski definition) is 4. The minimum atomic E-state index is -0.788. The predicted octanol–water partition coefficient (Wildman–Crippen LogP) is 1.62. The lowest BCUT2D eigenvalue weighted by Crippen LogP contribution is -2.33. The molecule has 17 heavy (non-hydrogen) atoms. The lowest BCUT2D eigenvalue weighted by molar-refractivity contribution is -0.138. The first kappa shape index (κ1) is 12.4. The van der Waals surface area contributed by atoms with E-state index in [1.807, 2.05) is 24.3 Å². The Morgan fingerprint density at radius 3 is 3.00 bits per heavy atom. The van der Waals surface area contributed by atoms with Gasteiger partial charge in [-0.05, 0) is 11.1 Å². The fourth-order valence-electron chi connectivity index (χ4n) is 1.87. The number of thioether (sulfide) groups is 1. The van der Waals surface area contributed by atoms with Crippen LogP contribution in [0, 0.1) is 0 Å². The molecule has 0 amide bonds. The van der Waals surface area contributed by atoms with Gasteiger partial charge in [0.15, 0.2) is 0 Å². The first-order valence-electron chi connectivity index (χ1n) is 5.39. The van der Waals surface area contributed by atoms with Crippen LogP contribution in [0.3, 0.4) is 0 Å². The highest BCUT2D eigenvalue weighted by atomic mass is 32.2. The van der Waals surface area contributed by atoms with Gasteiger partial charge in [0, 0.05) is 12.9 Å². The summed E-state index contributed by atoms with van der Waals surface area (Å²) >= 11 is 1.62. The van der Waals surface area contributed by atoms with Crippen LogP contribution >= 0.6 is 11.8 Å². The van der Waals surface area contributed by atoms with Crippen LogP contribution in [0.15, 0.2) is 24.3 Å². The number of benzene rings is 1. The van der Waals surface area contributed by atoms with Gasteiger partial charge in [-0.2, -0.15) is 0 Å². The van der Waals surface area contributed by atoms with E-state index in [2.05, 4.69) is 5.32 Å². The summed E-state index contributed by atoms with van der Waals surface area (Å²) in [5.41, 5.74) is 2.22. The van der Waals surface area contributed by atoms with Crippen molar-refractivity contribution in [1.82, 2.24) is 5.32 Å². The lowest BCUT2D eigenvalue weighted by atomic mass is 10.1. The molecule has 1 fully saturated rings. The number of carbonyl (C=O) groups is 1. The van der Waals surface area contributed by atoms with Crippen LogP contribution in [-0.4, -0.2) is 30.0 Å². The van der Waals surface area contributed by atoms with Crippen LogP contribution in [0.2, 0.25) is 0 Å². The number of hydrogen-bond donors (Lipinski definition) is 2. The number of methoxy groups -OCH3 is 1. The Labute approximate surface area is 104 Å². The highest BCUT2D eigenvalue weighted by Gasteiger charge is 2.31. The van der Waals surface area contributed by atoms with Crippen molar-refractivity contribution < 1.29 is 14.6 Å². The Hall–Kier alpha value is -1.04. The molecule has 1 heterocycles. The van der Waals surface area contributed by atoms with Gasteiger partial charge in [-0.1, -0.05) is 24.3 Å². The number of rotatable bonds is 4. The van der Waals surface area contributed by atoms with E-state index in [-0.39, 0.29) is 5.37 Å². The van der Waals surface area contributed by atoms with Gasteiger partial charge in [0.1, 0.15) is 6.04 Å². The summed E-state index contributed by atoms with van der Waals surface area (Å²) in [6, 6.07) is 7.50. The third-order valence-corrected chi connectivity index (χ3v) is 3.97. The minimum absolute atomic E-state index is 0.0439. The number of nitrogens with one attached hydrogen (secondary N) is 1. The van der Waals surface area contributed by atoms with Crippen LogP contribution in [-0.2, 0) is 16.1 Å². The topological polar surface area (TPSA) is 58.6 Å². The summed E-state index contributed by atoms with van der Waals surface area (Å²) in [6.45, 7) is 0.548. The fraction of sp³-hybridized carbons (Fsp3) is 0.417. The molecule has 2 unspecified atom stereocenters. The SMILES string of the molecule is COCc1ccccc1C1NC(C(=O)O)CS1. The van der Waals surface area contributed by atoms with Crippen molar-refractivity contribution in [3.63, 3.8) is 0 Å². The summed E-state index contributed by atoms with van der Waals surface area (Å²) in [6.07, 6.45) is 0. The number of ether oxygens (including phenoxy) is 1. The standard InChI is InChI=1S/C12H15NO3S/c1-16-6-8-4-2-3-5-9(8)11-13-10(7-17-11)12(14)15/h2-5,10-11,13H,6-7H2,1H3,(H,14,15). The zero-order valence-electron chi connectivity index (χ0n) is 9.55. The van der Waals surface area contributed by atoms with Crippen molar-refractivity contribution in [3.05, 3.63) is 35.4 Å². The van der Waals surface area contributed by atoms with Crippen molar-refractivity contribution in [2.24, 2.45) is 0 Å². The average Bonchev–Trinajstić information content (AvgIpc) is 2.79. The van der Waals surface area contributed by atoms with E-state index in [1.54, 1.807) is 18.9 Å². The maximum absolute atomic E-state index is 10.9. The van der Waals surface area contributed by atoms with Crippen LogP contribution in [0.25, 0.3) is 0 Å². The molecule has 0 aliphatic carbocycles. The molecule has 1 aliphatic heterocycles. The molecule has 0 radical (unpaired) electrons. The maximum atomic E-state index is 10.9. The second kappa shape index (κ2) is 5.53. The third kappa shape index (κ3) is 2.80. The molecule has 4 nitrogen and oxygen atoms in total. The summed E-state index contributed by atoms with van der Waals surface area (Å²) in [5, 5.41) is 12.1. The molecule has 2 N–H and O–H groups in total. The third-order valence-electron chi connectivity index (χ3n) is 2.72. The quantitative estimate of drug-likeness (QED) is 0.854. The number of aliphatic carboxylic acids is 1. The molecular formula is C12H15NO3S. The number of carboxylic acid groups (broad SMARTS) is 1. The Morgan fingerprint density at radius 2 is 2.35 bits per heavy atom. The average molecular weight is 253 g/mol. The normalized spacial score (nSPS) is 23.8. The van der Waals surface area contributed by atoms with Crippen molar-refractivity contribution >= 4 is 17.7 Å². The molecule has 0 bridgehead atoms. The van der Waals surface area contributed by atoms with Crippen molar-refractivity contribution in [2.45, 2.75) is 18.0 Å². The van der Waals surface area contributed by atoms with Gasteiger partial charge in [-0.25, -0.2) is 0 Å². The van der Waals surface area contributed by atoms with Crippen molar-refractivity contribution in [3.8, 4) is 0 Å². The molecule has 0 aromatic heterocycles. The van der Waals surface area contributed by atoms with Gasteiger partial charge in [0.2, 0.25) is 0 Å². The van der Waals surface area contributed by atoms with Gasteiger partial charge >= 0.3 is 5.97 Å². The molecule has 92 valence electrons. The Kier molecular flexibility index (Phi) is 4.04. The summed E-state index contributed by atoms with van der Waals surface area (Å²) in [5.74, 6) is -0.189. The Bertz CT molecular complexity index is 410. The van der Waals surface area contributed by atoms with E-state index in [0.717, 1.165) is 11.1 Å². The molecular weight excluding hydrogens is 238 g/mol. The molecule has 2 atom stereocenters. The minimum Gasteiger partial charge on any atom is -0.480 e. The predicted molar refractivity (Wildman–Crippen MR) is 66.9 cm³/mol. The Balaban J connectivity index is 2.15. The largest absolute Gasteiger partial charge is 0.480 e. The van der Waals surface area contributed by atoms with Gasteiger partial charge < -0.3 is 9.84 Å². The molecule has 1 saturated heterocycles. The van der Waals surface area contributed by atoms with Crippen LogP contribution in [0.4, 0.5) is 0 Å². The van der Waals surface area contributed by atoms with E-state index < -0.39 is 12.0 Å². The van der Waals surface area contributed by atoms with Gasteiger partial charge in [-0.15, -0.1) is 11.8 Å². The molecule has 2 rings (SSSR count). The molecule has 5 heteroatoms. The summed E-state index contributed by atoms with van der Waals surface area (Å²) in [4.78, 5) is 10.9. The summed E-state index contributed by atoms with van der Waals surface area (Å²) < 4.78 is 5.15. The second-order valence-electron chi connectivity index (χ2n) is 3.90. The first-order valence-corrected chi connectivity index (χ1v) is 6.44. The van der Waals surface area contributed by atoms with Crippen molar-refractivity contribution in [2.75, 3.05) is 12.9 Å².